The highest BCUT2D eigenvalue weighted by molar-refractivity contribution is 5.90. The van der Waals surface area contributed by atoms with Gasteiger partial charge in [0.05, 0.1) is 6.54 Å². The molecule has 2 aromatic rings. The van der Waals surface area contributed by atoms with Crippen LogP contribution < -0.4 is 0 Å². The minimum atomic E-state index is -0.187. The summed E-state index contributed by atoms with van der Waals surface area (Å²) in [4.78, 5) is 18.2. The van der Waals surface area contributed by atoms with Crippen molar-refractivity contribution in [2.75, 3.05) is 7.05 Å². The van der Waals surface area contributed by atoms with E-state index in [2.05, 4.69) is 29.9 Å². The van der Waals surface area contributed by atoms with Gasteiger partial charge in [-0.3, -0.25) is 9.89 Å². The van der Waals surface area contributed by atoms with Gasteiger partial charge in [-0.1, -0.05) is 0 Å². The van der Waals surface area contributed by atoms with Gasteiger partial charge in [0.2, 0.25) is 5.82 Å². The van der Waals surface area contributed by atoms with Gasteiger partial charge >= 0.3 is 0 Å². The Morgan fingerprint density at radius 3 is 3.10 bits per heavy atom. The quantitative estimate of drug-likeness (QED) is 0.883. The predicted molar refractivity (Wildman–Crippen MR) is 72.5 cm³/mol. The number of nitrogens with zero attached hydrogens (tertiary/aromatic N) is 6. The van der Waals surface area contributed by atoms with Crippen molar-refractivity contribution in [2.45, 2.75) is 44.7 Å². The monoisotopic (exact) mass is 287 g/mol. The summed E-state index contributed by atoms with van der Waals surface area (Å²) in [5.41, 5.74) is 0. The summed E-state index contributed by atoms with van der Waals surface area (Å²) in [6.07, 6.45) is 4.33. The molecule has 8 heteroatoms. The highest BCUT2D eigenvalue weighted by Crippen LogP contribution is 2.37. The molecule has 4 rings (SSSR count). The average Bonchev–Trinajstić information content (AvgIpc) is 2.92. The largest absolute Gasteiger partial charge is 0.331 e. The van der Waals surface area contributed by atoms with Crippen LogP contribution in [0.2, 0.25) is 0 Å². The van der Waals surface area contributed by atoms with Crippen molar-refractivity contribution in [2.24, 2.45) is 0 Å². The van der Waals surface area contributed by atoms with Crippen LogP contribution in [0, 0.1) is 0 Å². The number of carbonyl (C=O) groups is 1. The van der Waals surface area contributed by atoms with E-state index < -0.39 is 0 Å². The number of aryl methyl sites for hydroxylation is 1. The SMILES string of the molecule is CN(Cc1nnc2n1CCC2)C(=O)c1n[nH]c(C2CC2)n1. The number of carbonyl (C=O) groups excluding carboxylic acids is 1. The zero-order chi connectivity index (χ0) is 14.4. The second kappa shape index (κ2) is 4.64. The second-order valence-electron chi connectivity index (χ2n) is 5.77. The molecule has 3 heterocycles. The van der Waals surface area contributed by atoms with Crippen molar-refractivity contribution in [3.8, 4) is 0 Å². The van der Waals surface area contributed by atoms with Crippen LogP contribution in [0.4, 0.5) is 0 Å². The van der Waals surface area contributed by atoms with Crippen LogP contribution in [0.3, 0.4) is 0 Å². The lowest BCUT2D eigenvalue weighted by molar-refractivity contribution is 0.0768. The Hall–Kier alpha value is -2.25. The van der Waals surface area contributed by atoms with Crippen molar-refractivity contribution >= 4 is 5.91 Å². The maximum atomic E-state index is 12.4. The number of rotatable bonds is 4. The fourth-order valence-electron chi connectivity index (χ4n) is 2.69. The number of aromatic nitrogens is 6. The van der Waals surface area contributed by atoms with E-state index in [4.69, 9.17) is 0 Å². The van der Waals surface area contributed by atoms with Crippen LogP contribution in [0.15, 0.2) is 0 Å². The van der Waals surface area contributed by atoms with Gasteiger partial charge in [0.1, 0.15) is 11.6 Å². The van der Waals surface area contributed by atoms with Gasteiger partial charge in [-0.05, 0) is 19.3 Å². The van der Waals surface area contributed by atoms with Crippen LogP contribution >= 0.6 is 0 Å². The summed E-state index contributed by atoms with van der Waals surface area (Å²) >= 11 is 0. The van der Waals surface area contributed by atoms with Gasteiger partial charge in [-0.25, -0.2) is 4.98 Å². The molecule has 1 saturated carbocycles. The molecule has 110 valence electrons. The molecule has 1 N–H and O–H groups in total. The Kier molecular flexibility index (Phi) is 2.76. The molecule has 0 unspecified atom stereocenters. The number of aromatic amines is 1. The number of amides is 1. The highest BCUT2D eigenvalue weighted by Gasteiger charge is 2.29. The van der Waals surface area contributed by atoms with Crippen molar-refractivity contribution in [3.63, 3.8) is 0 Å². The Labute approximate surface area is 121 Å². The van der Waals surface area contributed by atoms with Gasteiger partial charge in [0.15, 0.2) is 5.82 Å². The van der Waals surface area contributed by atoms with E-state index in [0.717, 1.165) is 49.7 Å². The maximum Gasteiger partial charge on any atom is 0.293 e. The second-order valence-corrected chi connectivity index (χ2v) is 5.77. The molecular weight excluding hydrogens is 270 g/mol. The summed E-state index contributed by atoms with van der Waals surface area (Å²) in [6.45, 7) is 1.37. The first-order valence-corrected chi connectivity index (χ1v) is 7.31. The van der Waals surface area contributed by atoms with Crippen LogP contribution in [0.25, 0.3) is 0 Å². The van der Waals surface area contributed by atoms with Crippen LogP contribution in [0.5, 0.6) is 0 Å². The molecule has 21 heavy (non-hydrogen) atoms. The minimum Gasteiger partial charge on any atom is -0.331 e. The van der Waals surface area contributed by atoms with Gasteiger partial charge in [-0.2, -0.15) is 0 Å². The molecule has 0 spiro atoms. The first kappa shape index (κ1) is 12.5. The molecule has 0 atom stereocenters. The van der Waals surface area contributed by atoms with E-state index in [1.165, 1.54) is 0 Å². The molecular formula is C13H17N7O. The van der Waals surface area contributed by atoms with Crippen LogP contribution in [-0.4, -0.2) is 47.8 Å². The van der Waals surface area contributed by atoms with E-state index >= 15 is 0 Å². The number of nitrogens with one attached hydrogen (secondary N) is 1. The zero-order valence-corrected chi connectivity index (χ0v) is 11.9. The zero-order valence-electron chi connectivity index (χ0n) is 11.9. The molecule has 1 fully saturated rings. The van der Waals surface area contributed by atoms with Gasteiger partial charge in [0.25, 0.3) is 5.91 Å². The third kappa shape index (κ3) is 2.20. The van der Waals surface area contributed by atoms with E-state index in [-0.39, 0.29) is 11.7 Å². The lowest BCUT2D eigenvalue weighted by Gasteiger charge is -2.14. The third-order valence-electron chi connectivity index (χ3n) is 4.07. The van der Waals surface area contributed by atoms with E-state index in [9.17, 15) is 4.79 Å². The number of hydrogen-bond donors (Lipinski definition) is 1. The molecule has 8 nitrogen and oxygen atoms in total. The standard InChI is InChI=1S/C13H17N7O/c1-19(7-10-16-15-9-3-2-6-20(9)10)13(21)12-14-11(17-18-12)8-4-5-8/h8H,2-7H2,1H3,(H,14,17,18). The van der Waals surface area contributed by atoms with Crippen molar-refractivity contribution in [1.29, 1.82) is 0 Å². The molecule has 0 saturated heterocycles. The molecule has 1 aliphatic heterocycles. The molecule has 2 aromatic heterocycles. The Morgan fingerprint density at radius 2 is 2.29 bits per heavy atom. The lowest BCUT2D eigenvalue weighted by atomic mass is 10.4. The molecule has 0 radical (unpaired) electrons. The molecule has 2 aliphatic rings. The lowest BCUT2D eigenvalue weighted by Crippen LogP contribution is -2.28. The molecule has 0 bridgehead atoms. The predicted octanol–water partition coefficient (Wildman–Crippen LogP) is 0.492. The van der Waals surface area contributed by atoms with Gasteiger partial charge in [0, 0.05) is 25.9 Å². The molecule has 1 aliphatic carbocycles. The van der Waals surface area contributed by atoms with E-state index in [0.29, 0.717) is 12.5 Å². The highest BCUT2D eigenvalue weighted by atomic mass is 16.2. The van der Waals surface area contributed by atoms with Gasteiger partial charge < -0.3 is 9.47 Å². The van der Waals surface area contributed by atoms with Crippen molar-refractivity contribution in [3.05, 3.63) is 23.3 Å². The molecule has 1 amide bonds. The smallest absolute Gasteiger partial charge is 0.293 e. The summed E-state index contributed by atoms with van der Waals surface area (Å²) in [5.74, 6) is 3.18. The van der Waals surface area contributed by atoms with Crippen LogP contribution in [0.1, 0.15) is 53.3 Å². The maximum absolute atomic E-state index is 12.4. The van der Waals surface area contributed by atoms with E-state index in [1.807, 2.05) is 0 Å². The Morgan fingerprint density at radius 1 is 1.43 bits per heavy atom. The third-order valence-corrected chi connectivity index (χ3v) is 4.07. The fraction of sp³-hybridized carbons (Fsp3) is 0.615. The summed E-state index contributed by atoms with van der Waals surface area (Å²) in [6, 6.07) is 0. The van der Waals surface area contributed by atoms with Gasteiger partial charge in [-0.15, -0.1) is 15.3 Å². The summed E-state index contributed by atoms with van der Waals surface area (Å²) in [5, 5.41) is 15.2. The summed E-state index contributed by atoms with van der Waals surface area (Å²) < 4.78 is 2.09. The van der Waals surface area contributed by atoms with Crippen molar-refractivity contribution < 1.29 is 4.79 Å². The van der Waals surface area contributed by atoms with Crippen molar-refractivity contribution in [1.82, 2.24) is 34.8 Å². The molecule has 0 aromatic carbocycles. The number of hydrogen-bond acceptors (Lipinski definition) is 5. The normalized spacial score (nSPS) is 17.0. The van der Waals surface area contributed by atoms with E-state index in [1.54, 1.807) is 11.9 Å². The first-order chi connectivity index (χ1) is 10.2. The minimum absolute atomic E-state index is 0.187. The topological polar surface area (TPSA) is 92.6 Å². The summed E-state index contributed by atoms with van der Waals surface area (Å²) in [7, 11) is 1.74. The first-order valence-electron chi connectivity index (χ1n) is 7.31. The number of H-pyrrole nitrogens is 1. The Balaban J connectivity index is 1.48. The average molecular weight is 287 g/mol. The van der Waals surface area contributed by atoms with Crippen LogP contribution in [-0.2, 0) is 19.5 Å². The fourth-order valence-corrected chi connectivity index (χ4v) is 2.69. The Bertz CT molecular complexity index is 685. The number of fused-ring (bicyclic) bond motifs is 1.